The number of aromatic nitrogens is 2. The van der Waals surface area contributed by atoms with E-state index in [-0.39, 0.29) is 0 Å². The van der Waals surface area contributed by atoms with Gasteiger partial charge in [0.05, 0.1) is 17.8 Å². The Kier molecular flexibility index (Phi) is 4.45. The molecule has 1 unspecified atom stereocenters. The van der Waals surface area contributed by atoms with E-state index in [2.05, 4.69) is 30.8 Å². The van der Waals surface area contributed by atoms with Crippen molar-refractivity contribution in [1.82, 2.24) is 9.97 Å². The Balaban J connectivity index is 2.16. The molecule has 0 amide bonds. The van der Waals surface area contributed by atoms with Crippen molar-refractivity contribution in [3.8, 4) is 5.88 Å². The molecular weight excluding hydrogens is 305 g/mol. The SMILES string of the molecule is COc1nc(N2CCCC(CCl)C2)ncc1Br. The second kappa shape index (κ2) is 5.87. The quantitative estimate of drug-likeness (QED) is 0.803. The van der Waals surface area contributed by atoms with Gasteiger partial charge in [-0.3, -0.25) is 0 Å². The number of anilines is 1. The first kappa shape index (κ1) is 12.9. The molecule has 2 rings (SSSR count). The van der Waals surface area contributed by atoms with Crippen LogP contribution in [0.5, 0.6) is 5.88 Å². The molecule has 0 saturated carbocycles. The average Bonchev–Trinajstić information content (AvgIpc) is 2.39. The molecule has 1 aromatic rings. The third-order valence-corrected chi connectivity index (χ3v) is 3.89. The van der Waals surface area contributed by atoms with Gasteiger partial charge in [-0.05, 0) is 34.7 Å². The van der Waals surface area contributed by atoms with Crippen LogP contribution in [0.1, 0.15) is 12.8 Å². The highest BCUT2D eigenvalue weighted by atomic mass is 79.9. The van der Waals surface area contributed by atoms with Crippen molar-refractivity contribution in [2.24, 2.45) is 5.92 Å². The minimum atomic E-state index is 0.531. The highest BCUT2D eigenvalue weighted by molar-refractivity contribution is 9.10. The molecule has 2 heterocycles. The lowest BCUT2D eigenvalue weighted by Gasteiger charge is -2.31. The molecular formula is C11H15BrClN3O. The van der Waals surface area contributed by atoms with Gasteiger partial charge in [-0.1, -0.05) is 0 Å². The molecule has 4 nitrogen and oxygen atoms in total. The predicted molar refractivity (Wildman–Crippen MR) is 71.9 cm³/mol. The number of nitrogens with zero attached hydrogens (tertiary/aromatic N) is 3. The van der Waals surface area contributed by atoms with Crippen LogP contribution in [0.3, 0.4) is 0 Å². The summed E-state index contributed by atoms with van der Waals surface area (Å²) < 4.78 is 5.95. The van der Waals surface area contributed by atoms with Crippen molar-refractivity contribution in [3.63, 3.8) is 0 Å². The van der Waals surface area contributed by atoms with Gasteiger partial charge in [0, 0.05) is 19.0 Å². The summed E-state index contributed by atoms with van der Waals surface area (Å²) in [5.41, 5.74) is 0. The maximum atomic E-state index is 5.92. The second-order valence-corrected chi connectivity index (χ2v) is 5.30. The molecule has 0 aromatic carbocycles. The topological polar surface area (TPSA) is 38.2 Å². The van der Waals surface area contributed by atoms with Crippen LogP contribution in [-0.4, -0.2) is 36.0 Å². The van der Waals surface area contributed by atoms with E-state index < -0.39 is 0 Å². The Morgan fingerprint density at radius 2 is 2.47 bits per heavy atom. The number of methoxy groups -OCH3 is 1. The smallest absolute Gasteiger partial charge is 0.232 e. The highest BCUT2D eigenvalue weighted by Gasteiger charge is 2.21. The number of hydrogen-bond donors (Lipinski definition) is 0. The summed E-state index contributed by atoms with van der Waals surface area (Å²) in [4.78, 5) is 10.9. The number of alkyl halides is 1. The predicted octanol–water partition coefficient (Wildman–Crippen LogP) is 2.70. The largest absolute Gasteiger partial charge is 0.480 e. The molecule has 1 atom stereocenters. The molecule has 0 bridgehead atoms. The summed E-state index contributed by atoms with van der Waals surface area (Å²) in [6.45, 7) is 1.91. The first-order chi connectivity index (χ1) is 8.24. The van der Waals surface area contributed by atoms with E-state index in [1.807, 2.05) is 0 Å². The van der Waals surface area contributed by atoms with Gasteiger partial charge in [-0.2, -0.15) is 4.98 Å². The molecule has 1 fully saturated rings. The van der Waals surface area contributed by atoms with Crippen LogP contribution >= 0.6 is 27.5 Å². The fourth-order valence-corrected chi connectivity index (χ4v) is 2.62. The normalized spacial score (nSPS) is 20.4. The Hall–Kier alpha value is -0.550. The third-order valence-electron chi connectivity index (χ3n) is 2.91. The molecule has 94 valence electrons. The first-order valence-electron chi connectivity index (χ1n) is 5.62. The molecule has 6 heteroatoms. The molecule has 1 saturated heterocycles. The second-order valence-electron chi connectivity index (χ2n) is 4.14. The molecule has 17 heavy (non-hydrogen) atoms. The van der Waals surface area contributed by atoms with E-state index in [1.54, 1.807) is 13.3 Å². The highest BCUT2D eigenvalue weighted by Crippen LogP contribution is 2.26. The lowest BCUT2D eigenvalue weighted by molar-refractivity contribution is 0.391. The van der Waals surface area contributed by atoms with E-state index in [0.717, 1.165) is 29.9 Å². The van der Waals surface area contributed by atoms with Crippen molar-refractivity contribution in [2.45, 2.75) is 12.8 Å². The molecule has 0 radical (unpaired) electrons. The Morgan fingerprint density at radius 1 is 1.65 bits per heavy atom. The zero-order valence-corrected chi connectivity index (χ0v) is 12.0. The third kappa shape index (κ3) is 3.01. The molecule has 1 aliphatic heterocycles. The van der Waals surface area contributed by atoms with Crippen molar-refractivity contribution < 1.29 is 4.74 Å². The fraction of sp³-hybridized carbons (Fsp3) is 0.636. The number of halogens is 2. The minimum absolute atomic E-state index is 0.531. The number of hydrogen-bond acceptors (Lipinski definition) is 4. The Labute approximate surface area is 114 Å². The zero-order chi connectivity index (χ0) is 12.3. The van der Waals surface area contributed by atoms with Crippen LogP contribution < -0.4 is 9.64 Å². The van der Waals surface area contributed by atoms with Crippen LogP contribution in [0.2, 0.25) is 0 Å². The van der Waals surface area contributed by atoms with E-state index in [9.17, 15) is 0 Å². The van der Waals surface area contributed by atoms with Crippen LogP contribution in [-0.2, 0) is 0 Å². The van der Waals surface area contributed by atoms with Crippen LogP contribution in [0.25, 0.3) is 0 Å². The van der Waals surface area contributed by atoms with Gasteiger partial charge < -0.3 is 9.64 Å². The number of rotatable bonds is 3. The summed E-state index contributed by atoms with van der Waals surface area (Å²) in [7, 11) is 1.61. The standard InChI is InChI=1S/C11H15BrClN3O/c1-17-10-9(12)6-14-11(15-10)16-4-2-3-8(5-13)7-16/h6,8H,2-5,7H2,1H3. The van der Waals surface area contributed by atoms with E-state index in [0.29, 0.717) is 17.7 Å². The number of piperidine rings is 1. The van der Waals surface area contributed by atoms with Gasteiger partial charge in [-0.25, -0.2) is 4.98 Å². The van der Waals surface area contributed by atoms with Gasteiger partial charge in [0.25, 0.3) is 0 Å². The van der Waals surface area contributed by atoms with Crippen LogP contribution in [0, 0.1) is 5.92 Å². The van der Waals surface area contributed by atoms with E-state index in [4.69, 9.17) is 16.3 Å². The Morgan fingerprint density at radius 3 is 3.18 bits per heavy atom. The summed E-state index contributed by atoms with van der Waals surface area (Å²) in [5.74, 6) is 2.52. The first-order valence-corrected chi connectivity index (χ1v) is 6.94. The van der Waals surface area contributed by atoms with Crippen molar-refractivity contribution in [3.05, 3.63) is 10.7 Å². The molecule has 0 spiro atoms. The van der Waals surface area contributed by atoms with E-state index >= 15 is 0 Å². The minimum Gasteiger partial charge on any atom is -0.480 e. The summed E-state index contributed by atoms with van der Waals surface area (Å²) in [5, 5.41) is 0. The van der Waals surface area contributed by atoms with Gasteiger partial charge in [0.1, 0.15) is 0 Å². The van der Waals surface area contributed by atoms with Crippen LogP contribution in [0.4, 0.5) is 5.95 Å². The van der Waals surface area contributed by atoms with Gasteiger partial charge in [0.2, 0.25) is 11.8 Å². The van der Waals surface area contributed by atoms with Gasteiger partial charge in [0.15, 0.2) is 0 Å². The van der Waals surface area contributed by atoms with E-state index in [1.165, 1.54) is 6.42 Å². The maximum Gasteiger partial charge on any atom is 0.232 e. The molecule has 1 aromatic heterocycles. The van der Waals surface area contributed by atoms with Crippen molar-refractivity contribution >= 4 is 33.5 Å². The lowest BCUT2D eigenvalue weighted by atomic mass is 10.0. The summed E-state index contributed by atoms with van der Waals surface area (Å²) in [6.07, 6.45) is 4.05. The van der Waals surface area contributed by atoms with Gasteiger partial charge in [-0.15, -0.1) is 11.6 Å². The Bertz CT molecular complexity index is 391. The monoisotopic (exact) mass is 319 g/mol. The lowest BCUT2D eigenvalue weighted by Crippen LogP contribution is -2.37. The maximum absolute atomic E-state index is 5.92. The van der Waals surface area contributed by atoms with Crippen LogP contribution in [0.15, 0.2) is 10.7 Å². The zero-order valence-electron chi connectivity index (χ0n) is 9.70. The van der Waals surface area contributed by atoms with Gasteiger partial charge >= 0.3 is 0 Å². The van der Waals surface area contributed by atoms with Crippen molar-refractivity contribution in [2.75, 3.05) is 31.0 Å². The summed E-state index contributed by atoms with van der Waals surface area (Å²) >= 11 is 9.27. The number of ether oxygens (including phenoxy) is 1. The summed E-state index contributed by atoms with van der Waals surface area (Å²) in [6, 6.07) is 0. The molecule has 0 aliphatic carbocycles. The average molecular weight is 321 g/mol. The molecule has 1 aliphatic rings. The van der Waals surface area contributed by atoms with Crippen molar-refractivity contribution in [1.29, 1.82) is 0 Å². The fourth-order valence-electron chi connectivity index (χ4n) is 2.01. The molecule has 0 N–H and O–H groups in total.